The van der Waals surface area contributed by atoms with Crippen LogP contribution in [0.1, 0.15) is 11.1 Å². The molecule has 0 atom stereocenters. The van der Waals surface area contributed by atoms with Crippen LogP contribution in [0.3, 0.4) is 0 Å². The van der Waals surface area contributed by atoms with Gasteiger partial charge in [-0.2, -0.15) is 10.5 Å². The molecule has 254 valence electrons. The van der Waals surface area contributed by atoms with Gasteiger partial charge in [0.15, 0.2) is 0 Å². The molecule has 0 aliphatic heterocycles. The first-order valence-electron chi connectivity index (χ1n) is 18.3. The highest BCUT2D eigenvalue weighted by Crippen LogP contribution is 2.45. The summed E-state index contributed by atoms with van der Waals surface area (Å²) in [5.41, 5.74) is 11.5. The molecule has 0 aliphatic rings. The molecule has 0 radical (unpaired) electrons. The van der Waals surface area contributed by atoms with E-state index < -0.39 is 0 Å². The summed E-state index contributed by atoms with van der Waals surface area (Å²) >= 11 is 0. The Morgan fingerprint density at radius 3 is 0.927 bits per heavy atom. The van der Waals surface area contributed by atoms with Gasteiger partial charge in [-0.25, -0.2) is 0 Å². The number of nitriles is 2. The van der Waals surface area contributed by atoms with Crippen molar-refractivity contribution in [2.24, 2.45) is 0 Å². The molecule has 0 aliphatic carbocycles. The number of nitrogens with zero attached hydrogens (tertiary/aromatic N) is 5. The fourth-order valence-electron chi connectivity index (χ4n) is 8.90. The first kappa shape index (κ1) is 30.7. The topological polar surface area (TPSA) is 62.4 Å². The average molecular weight is 700 g/mol. The van der Waals surface area contributed by atoms with Gasteiger partial charge < -0.3 is 13.7 Å². The Morgan fingerprint density at radius 1 is 0.327 bits per heavy atom. The smallest absolute Gasteiger partial charge is 0.0998 e. The molecule has 0 unspecified atom stereocenters. The zero-order chi connectivity index (χ0) is 36.6. The van der Waals surface area contributed by atoms with Crippen molar-refractivity contribution < 1.29 is 0 Å². The SMILES string of the molecule is N#Cc1cccc(C#N)c1-c1cc(-n2c3ccccc3c3ccccc32)c(-n2c3ccccc3c3ccccc32)c(-n2c3ccccc3c3ccccc32)c1. The van der Waals surface area contributed by atoms with Crippen molar-refractivity contribution in [2.75, 3.05) is 0 Å². The molecule has 0 bridgehead atoms. The molecule has 5 nitrogen and oxygen atoms in total. The molecule has 5 heteroatoms. The van der Waals surface area contributed by atoms with Crippen LogP contribution < -0.4 is 0 Å². The van der Waals surface area contributed by atoms with E-state index in [1.54, 1.807) is 18.2 Å². The van der Waals surface area contributed by atoms with Gasteiger partial charge in [0.1, 0.15) is 0 Å². The standard InChI is InChI=1S/C50H29N5/c51-30-32-14-13-15-33(31-52)49(32)34-28-47(53-41-22-7-1-16-35(41)36-17-2-8-23-42(36)53)50(55-45-26-11-5-20-39(45)40-21-6-12-27-46(40)55)48(29-34)54-43-24-9-3-18-37(43)38-19-4-10-25-44(38)54/h1-29H. The van der Waals surface area contributed by atoms with E-state index in [-0.39, 0.29) is 0 Å². The maximum absolute atomic E-state index is 10.5. The first-order valence-corrected chi connectivity index (χ1v) is 18.3. The van der Waals surface area contributed by atoms with Crippen LogP contribution in [0, 0.1) is 22.7 Å². The number of hydrogen-bond donors (Lipinski definition) is 0. The second kappa shape index (κ2) is 11.8. The minimum atomic E-state index is 0.449. The number of fused-ring (bicyclic) bond motifs is 9. The van der Waals surface area contributed by atoms with Crippen LogP contribution >= 0.6 is 0 Å². The van der Waals surface area contributed by atoms with E-state index in [9.17, 15) is 10.5 Å². The van der Waals surface area contributed by atoms with Gasteiger partial charge in [-0.1, -0.05) is 115 Å². The summed E-state index contributed by atoms with van der Waals surface area (Å²) in [6, 6.07) is 66.0. The highest BCUT2D eigenvalue weighted by molar-refractivity contribution is 6.14. The minimum absolute atomic E-state index is 0.449. The lowest BCUT2D eigenvalue weighted by molar-refractivity contribution is 1.05. The Hall–Kier alpha value is -7.86. The van der Waals surface area contributed by atoms with Gasteiger partial charge in [0.25, 0.3) is 0 Å². The van der Waals surface area contributed by atoms with Gasteiger partial charge in [-0.3, -0.25) is 0 Å². The van der Waals surface area contributed by atoms with Gasteiger partial charge in [0, 0.05) is 37.9 Å². The molecule has 55 heavy (non-hydrogen) atoms. The van der Waals surface area contributed by atoms with Crippen LogP contribution in [0.25, 0.3) is 93.6 Å². The number of benzene rings is 8. The predicted molar refractivity (Wildman–Crippen MR) is 224 cm³/mol. The van der Waals surface area contributed by atoms with E-state index in [1.807, 2.05) is 0 Å². The van der Waals surface area contributed by atoms with Crippen LogP contribution in [0.4, 0.5) is 0 Å². The molecule has 3 heterocycles. The third-order valence-corrected chi connectivity index (χ3v) is 11.1. The van der Waals surface area contributed by atoms with Crippen LogP contribution in [-0.4, -0.2) is 13.7 Å². The van der Waals surface area contributed by atoms with E-state index in [0.717, 1.165) is 88.0 Å². The molecule has 3 aromatic heterocycles. The lowest BCUT2D eigenvalue weighted by Gasteiger charge is -2.24. The van der Waals surface area contributed by atoms with Gasteiger partial charge in [-0.15, -0.1) is 0 Å². The molecular formula is C50H29N5. The van der Waals surface area contributed by atoms with Crippen molar-refractivity contribution in [3.63, 3.8) is 0 Å². The predicted octanol–water partition coefficient (Wildman–Crippen LogP) is 12.4. The maximum atomic E-state index is 10.5. The molecule has 0 saturated carbocycles. The third kappa shape index (κ3) is 4.33. The number of hydrogen-bond acceptors (Lipinski definition) is 2. The molecule has 0 amide bonds. The summed E-state index contributed by atoms with van der Waals surface area (Å²) in [4.78, 5) is 0. The Bertz CT molecular complexity index is 3140. The highest BCUT2D eigenvalue weighted by Gasteiger charge is 2.27. The van der Waals surface area contributed by atoms with Crippen molar-refractivity contribution in [2.45, 2.75) is 0 Å². The first-order chi connectivity index (χ1) is 27.2. The van der Waals surface area contributed by atoms with Crippen LogP contribution in [0.2, 0.25) is 0 Å². The molecule has 0 spiro atoms. The van der Waals surface area contributed by atoms with Crippen molar-refractivity contribution in [1.29, 1.82) is 10.5 Å². The Labute approximate surface area is 316 Å². The fraction of sp³-hybridized carbons (Fsp3) is 0. The van der Waals surface area contributed by atoms with Crippen molar-refractivity contribution in [3.05, 3.63) is 187 Å². The molecule has 0 saturated heterocycles. The summed E-state index contributed by atoms with van der Waals surface area (Å²) in [5.74, 6) is 0. The number of rotatable bonds is 4. The zero-order valence-electron chi connectivity index (χ0n) is 29.5. The maximum Gasteiger partial charge on any atom is 0.0998 e. The third-order valence-electron chi connectivity index (χ3n) is 11.1. The Kier molecular flexibility index (Phi) is 6.61. The second-order valence-corrected chi connectivity index (χ2v) is 13.9. The molecule has 11 rings (SSSR count). The second-order valence-electron chi connectivity index (χ2n) is 13.9. The zero-order valence-corrected chi connectivity index (χ0v) is 29.5. The van der Waals surface area contributed by atoms with E-state index >= 15 is 0 Å². The van der Waals surface area contributed by atoms with E-state index in [1.165, 1.54) is 0 Å². The van der Waals surface area contributed by atoms with Crippen molar-refractivity contribution in [1.82, 2.24) is 13.7 Å². The number of para-hydroxylation sites is 6. The van der Waals surface area contributed by atoms with E-state index in [0.29, 0.717) is 16.7 Å². The molecule has 0 N–H and O–H groups in total. The minimum Gasteiger partial charge on any atom is -0.307 e. The summed E-state index contributed by atoms with van der Waals surface area (Å²) in [5, 5.41) is 28.0. The fourth-order valence-corrected chi connectivity index (χ4v) is 8.90. The lowest BCUT2D eigenvalue weighted by Crippen LogP contribution is -2.10. The molecular weight excluding hydrogens is 671 g/mol. The summed E-state index contributed by atoms with van der Waals surface area (Å²) in [6.45, 7) is 0. The monoisotopic (exact) mass is 699 g/mol. The summed E-state index contributed by atoms with van der Waals surface area (Å²) < 4.78 is 7.14. The van der Waals surface area contributed by atoms with E-state index in [4.69, 9.17) is 0 Å². The van der Waals surface area contributed by atoms with Gasteiger partial charge in [-0.05, 0) is 66.2 Å². The van der Waals surface area contributed by atoms with E-state index in [2.05, 4.69) is 184 Å². The van der Waals surface area contributed by atoms with Crippen LogP contribution in [0.5, 0.6) is 0 Å². The van der Waals surface area contributed by atoms with Crippen molar-refractivity contribution >= 4 is 65.4 Å². The summed E-state index contributed by atoms with van der Waals surface area (Å²) in [6.07, 6.45) is 0. The van der Waals surface area contributed by atoms with Gasteiger partial charge >= 0.3 is 0 Å². The van der Waals surface area contributed by atoms with Crippen LogP contribution in [-0.2, 0) is 0 Å². The Morgan fingerprint density at radius 2 is 0.618 bits per heavy atom. The number of aromatic nitrogens is 3. The largest absolute Gasteiger partial charge is 0.307 e. The molecule has 11 aromatic rings. The lowest BCUT2D eigenvalue weighted by atomic mass is 9.93. The van der Waals surface area contributed by atoms with Crippen molar-refractivity contribution in [3.8, 4) is 40.3 Å². The summed E-state index contributed by atoms with van der Waals surface area (Å²) in [7, 11) is 0. The normalized spacial score (nSPS) is 11.6. The molecule has 8 aromatic carbocycles. The highest BCUT2D eigenvalue weighted by atomic mass is 15.1. The van der Waals surface area contributed by atoms with Gasteiger partial charge in [0.2, 0.25) is 0 Å². The van der Waals surface area contributed by atoms with Crippen LogP contribution in [0.15, 0.2) is 176 Å². The van der Waals surface area contributed by atoms with Gasteiger partial charge in [0.05, 0.1) is 73.4 Å². The Balaban J connectivity index is 1.45. The molecule has 0 fully saturated rings. The quantitative estimate of drug-likeness (QED) is 0.184. The average Bonchev–Trinajstić information content (AvgIpc) is 3.89.